The summed E-state index contributed by atoms with van der Waals surface area (Å²) < 4.78 is 49.3. The lowest BCUT2D eigenvalue weighted by atomic mass is 9.91. The maximum atomic E-state index is 13.1. The number of sulfone groups is 2. The first-order chi connectivity index (χ1) is 12.5. The zero-order valence-electron chi connectivity index (χ0n) is 14.9. The molecule has 0 radical (unpaired) electrons. The van der Waals surface area contributed by atoms with E-state index in [9.17, 15) is 26.4 Å². The van der Waals surface area contributed by atoms with Gasteiger partial charge in [-0.1, -0.05) is 11.6 Å². The van der Waals surface area contributed by atoms with Gasteiger partial charge in [0.2, 0.25) is 0 Å². The molecule has 0 atom stereocenters. The summed E-state index contributed by atoms with van der Waals surface area (Å²) in [7, 11) is -7.20. The van der Waals surface area contributed by atoms with Crippen LogP contribution < -0.4 is 0 Å². The molecule has 0 saturated heterocycles. The van der Waals surface area contributed by atoms with Gasteiger partial charge in [-0.15, -0.1) is 0 Å². The second-order valence-electron chi connectivity index (χ2n) is 6.97. The molecule has 0 aromatic heterocycles. The number of halogens is 1. The van der Waals surface area contributed by atoms with E-state index in [1.807, 2.05) is 0 Å². The highest BCUT2D eigenvalue weighted by Crippen LogP contribution is 2.37. The number of hydrogen-bond acceptors (Lipinski definition) is 6. The largest absolute Gasteiger partial charge is 0.294 e. The second kappa shape index (κ2) is 6.83. The lowest BCUT2D eigenvalue weighted by molar-refractivity contribution is -0.115. The van der Waals surface area contributed by atoms with Crippen LogP contribution in [0.15, 0.2) is 27.5 Å². The number of carbonyl (C=O) groups excluding carboxylic acids is 2. The zero-order chi connectivity index (χ0) is 20.1. The average molecular weight is 431 g/mol. The number of allylic oxidation sites excluding steroid dienone is 2. The molecular weight excluding hydrogens is 412 g/mol. The number of Topliss-reactive ketones (excluding diaryl/α,β-unsaturated/α-hetero) is 2. The van der Waals surface area contributed by atoms with Gasteiger partial charge in [-0.3, -0.25) is 9.59 Å². The summed E-state index contributed by atoms with van der Waals surface area (Å²) in [4.78, 5) is 25.5. The van der Waals surface area contributed by atoms with Crippen molar-refractivity contribution in [1.29, 1.82) is 0 Å². The van der Waals surface area contributed by atoms with Gasteiger partial charge in [0.25, 0.3) is 0 Å². The maximum Gasteiger partial charge on any atom is 0.199 e. The van der Waals surface area contributed by atoms with Crippen molar-refractivity contribution in [3.63, 3.8) is 0 Å². The minimum absolute atomic E-state index is 0.0225. The molecule has 1 aromatic rings. The van der Waals surface area contributed by atoms with Crippen LogP contribution in [-0.4, -0.2) is 39.4 Å². The molecule has 0 bridgehead atoms. The van der Waals surface area contributed by atoms with Crippen molar-refractivity contribution >= 4 is 42.8 Å². The van der Waals surface area contributed by atoms with Crippen LogP contribution in [0.3, 0.4) is 0 Å². The number of carbonyl (C=O) groups is 2. The highest BCUT2D eigenvalue weighted by atomic mass is 35.5. The van der Waals surface area contributed by atoms with Crippen molar-refractivity contribution in [3.8, 4) is 0 Å². The molecule has 0 unspecified atom stereocenters. The van der Waals surface area contributed by atoms with E-state index in [4.69, 9.17) is 11.6 Å². The molecule has 0 saturated carbocycles. The van der Waals surface area contributed by atoms with Gasteiger partial charge in [0.1, 0.15) is 0 Å². The van der Waals surface area contributed by atoms with Gasteiger partial charge in [-0.2, -0.15) is 0 Å². The van der Waals surface area contributed by atoms with Crippen molar-refractivity contribution in [2.45, 2.75) is 49.7 Å². The van der Waals surface area contributed by atoms with Crippen LogP contribution in [0.2, 0.25) is 5.02 Å². The fraction of sp³-hybridized carbons (Fsp3) is 0.444. The lowest BCUT2D eigenvalue weighted by Crippen LogP contribution is -2.27. The second-order valence-corrected chi connectivity index (χ2v) is 12.0. The van der Waals surface area contributed by atoms with E-state index < -0.39 is 36.5 Å². The van der Waals surface area contributed by atoms with Gasteiger partial charge in [0.15, 0.2) is 31.2 Å². The molecule has 3 rings (SSSR count). The van der Waals surface area contributed by atoms with Gasteiger partial charge in [0, 0.05) is 12.0 Å². The molecule has 1 heterocycles. The Hall–Kier alpha value is -1.51. The Morgan fingerprint density at radius 3 is 2.44 bits per heavy atom. The Labute approximate surface area is 163 Å². The van der Waals surface area contributed by atoms with Crippen molar-refractivity contribution in [2.24, 2.45) is 0 Å². The highest BCUT2D eigenvalue weighted by molar-refractivity contribution is 7.95. The number of fused-ring (bicyclic) bond motifs is 1. The summed E-state index contributed by atoms with van der Waals surface area (Å²) in [5, 5.41) is -0.785. The topological polar surface area (TPSA) is 102 Å². The third kappa shape index (κ3) is 3.28. The van der Waals surface area contributed by atoms with E-state index in [1.165, 1.54) is 26.0 Å². The van der Waals surface area contributed by atoms with Gasteiger partial charge in [-0.25, -0.2) is 16.8 Å². The van der Waals surface area contributed by atoms with Crippen LogP contribution in [0, 0.1) is 0 Å². The number of rotatable bonds is 4. The zero-order valence-corrected chi connectivity index (χ0v) is 17.3. The molecule has 1 aliphatic carbocycles. The quantitative estimate of drug-likeness (QED) is 0.537. The molecule has 1 aliphatic heterocycles. The maximum absolute atomic E-state index is 13.1. The molecule has 2 aliphatic rings. The van der Waals surface area contributed by atoms with E-state index in [0.717, 1.165) is 0 Å². The minimum Gasteiger partial charge on any atom is -0.294 e. The Bertz CT molecular complexity index is 1090. The van der Waals surface area contributed by atoms with Gasteiger partial charge in [-0.05, 0) is 50.8 Å². The standard InChI is InChI=1S/C18H19ClO6S2/c1-10(2)27(24,25)15-5-3-4-13(20)16(15)18(21)12-6-7-14-11(17(12)19)8-9-26(14,22)23/h6-7,10H,3-5,8-9H2,1-2H3. The van der Waals surface area contributed by atoms with Gasteiger partial charge in [0.05, 0.1) is 31.4 Å². The van der Waals surface area contributed by atoms with Crippen LogP contribution in [0.25, 0.3) is 0 Å². The van der Waals surface area contributed by atoms with E-state index in [0.29, 0.717) is 12.0 Å². The highest BCUT2D eigenvalue weighted by Gasteiger charge is 2.37. The van der Waals surface area contributed by atoms with E-state index >= 15 is 0 Å². The van der Waals surface area contributed by atoms with Crippen molar-refractivity contribution in [1.82, 2.24) is 0 Å². The van der Waals surface area contributed by atoms with Crippen LogP contribution in [0.4, 0.5) is 0 Å². The third-order valence-corrected chi connectivity index (χ3v) is 9.52. The fourth-order valence-corrected chi connectivity index (χ4v) is 6.86. The molecule has 0 fully saturated rings. The smallest absolute Gasteiger partial charge is 0.199 e. The van der Waals surface area contributed by atoms with E-state index in [-0.39, 0.29) is 51.0 Å². The van der Waals surface area contributed by atoms with Crippen LogP contribution >= 0.6 is 11.6 Å². The van der Waals surface area contributed by atoms with Gasteiger partial charge >= 0.3 is 0 Å². The molecule has 0 spiro atoms. The molecule has 0 N–H and O–H groups in total. The molecular formula is C18H19ClO6S2. The Morgan fingerprint density at radius 1 is 1.15 bits per heavy atom. The van der Waals surface area contributed by atoms with Crippen LogP contribution in [0.5, 0.6) is 0 Å². The summed E-state index contributed by atoms with van der Waals surface area (Å²) in [6.07, 6.45) is 0.772. The van der Waals surface area contributed by atoms with Gasteiger partial charge < -0.3 is 0 Å². The van der Waals surface area contributed by atoms with Crippen molar-refractivity contribution < 1.29 is 26.4 Å². The molecule has 6 nitrogen and oxygen atoms in total. The van der Waals surface area contributed by atoms with Crippen LogP contribution in [-0.2, 0) is 30.9 Å². The summed E-state index contributed by atoms with van der Waals surface area (Å²) in [6, 6.07) is 2.57. The third-order valence-electron chi connectivity index (χ3n) is 4.96. The molecule has 27 heavy (non-hydrogen) atoms. The first-order valence-corrected chi connectivity index (χ1v) is 12.1. The fourth-order valence-electron chi connectivity index (χ4n) is 3.42. The van der Waals surface area contributed by atoms with Crippen molar-refractivity contribution in [2.75, 3.05) is 5.75 Å². The summed E-state index contributed by atoms with van der Waals surface area (Å²) in [6.45, 7) is 2.99. The molecule has 146 valence electrons. The summed E-state index contributed by atoms with van der Waals surface area (Å²) >= 11 is 6.30. The minimum atomic E-state index is -3.78. The Morgan fingerprint density at radius 2 is 1.81 bits per heavy atom. The summed E-state index contributed by atoms with van der Waals surface area (Å²) in [5.41, 5.74) is -0.0217. The molecule has 9 heteroatoms. The van der Waals surface area contributed by atoms with E-state index in [2.05, 4.69) is 0 Å². The lowest BCUT2D eigenvalue weighted by Gasteiger charge is -2.21. The predicted molar refractivity (Wildman–Crippen MR) is 101 cm³/mol. The van der Waals surface area contributed by atoms with E-state index in [1.54, 1.807) is 0 Å². The predicted octanol–water partition coefficient (Wildman–Crippen LogP) is 2.68. The molecule has 0 amide bonds. The average Bonchev–Trinajstić information content (AvgIpc) is 2.90. The SMILES string of the molecule is CC(C)S(=O)(=O)C1=C(C(=O)c2ccc3c(c2Cl)CCS3(=O)=O)C(=O)CCC1. The number of ketones is 2. The normalized spacial score (nSPS) is 19.5. The molecule has 1 aromatic carbocycles. The number of hydrogen-bond donors (Lipinski definition) is 0. The van der Waals surface area contributed by atoms with Crippen molar-refractivity contribution in [3.05, 3.63) is 38.8 Å². The Balaban J connectivity index is 2.20. The van der Waals surface area contributed by atoms with Crippen LogP contribution in [0.1, 0.15) is 49.0 Å². The Kier molecular flexibility index (Phi) is 5.12. The first-order valence-electron chi connectivity index (χ1n) is 8.57. The number of benzene rings is 1. The summed E-state index contributed by atoms with van der Waals surface area (Å²) in [5.74, 6) is -1.36. The monoisotopic (exact) mass is 430 g/mol. The first kappa shape index (κ1) is 20.2.